The summed E-state index contributed by atoms with van der Waals surface area (Å²) in [7, 11) is 2.04. The minimum absolute atomic E-state index is 0.137. The molecular formula is C35H31Cl2N5O2. The summed E-state index contributed by atoms with van der Waals surface area (Å²) in [5, 5.41) is 11.1. The molecule has 0 aliphatic rings. The van der Waals surface area contributed by atoms with Gasteiger partial charge in [-0.3, -0.25) is 9.59 Å². The molecule has 0 aliphatic carbocycles. The van der Waals surface area contributed by atoms with Crippen LogP contribution in [0.1, 0.15) is 33.6 Å². The predicted octanol–water partition coefficient (Wildman–Crippen LogP) is 7.27. The number of fused-ring (bicyclic) bond motifs is 4. The normalized spacial score (nSPS) is 11.5. The van der Waals surface area contributed by atoms with Gasteiger partial charge in [0.05, 0.1) is 33.2 Å². The van der Waals surface area contributed by atoms with Gasteiger partial charge in [0.25, 0.3) is 11.8 Å². The third-order valence-corrected chi connectivity index (χ3v) is 8.16. The topological polar surface area (TPSA) is 87.2 Å². The zero-order chi connectivity index (χ0) is 30.6. The number of nitrogens with one attached hydrogen (secondary N) is 2. The third-order valence-electron chi connectivity index (χ3n) is 7.69. The molecule has 9 heteroatoms. The number of carbonyl (C=O) groups excluding carboxylic acids is 2. The minimum atomic E-state index is -0.137. The number of aromatic nitrogens is 2. The monoisotopic (exact) mass is 623 g/mol. The molecule has 0 saturated heterocycles. The first-order chi connectivity index (χ1) is 21.4. The highest BCUT2D eigenvalue weighted by atomic mass is 35.5. The molecule has 2 amide bonds. The van der Waals surface area contributed by atoms with Crippen molar-refractivity contribution in [2.24, 2.45) is 0 Å². The van der Waals surface area contributed by atoms with Gasteiger partial charge in [-0.2, -0.15) is 0 Å². The first-order valence-electron chi connectivity index (χ1n) is 14.6. The first-order valence-corrected chi connectivity index (χ1v) is 15.3. The molecule has 44 heavy (non-hydrogen) atoms. The number of pyridine rings is 2. The molecule has 2 N–H and O–H groups in total. The molecule has 0 spiro atoms. The van der Waals surface area contributed by atoms with Gasteiger partial charge in [-0.1, -0.05) is 47.5 Å². The van der Waals surface area contributed by atoms with Crippen LogP contribution in [0, 0.1) is 0 Å². The van der Waals surface area contributed by atoms with Gasteiger partial charge in [0.1, 0.15) is 0 Å². The van der Waals surface area contributed by atoms with E-state index in [0.717, 1.165) is 58.5 Å². The Balaban J connectivity index is 0.962. The number of rotatable bonds is 10. The van der Waals surface area contributed by atoms with E-state index >= 15 is 0 Å². The molecule has 2 heterocycles. The van der Waals surface area contributed by atoms with Gasteiger partial charge in [0.15, 0.2) is 0 Å². The zero-order valence-electron chi connectivity index (χ0n) is 24.2. The quantitative estimate of drug-likeness (QED) is 0.124. The lowest BCUT2D eigenvalue weighted by Crippen LogP contribution is -2.31. The lowest BCUT2D eigenvalue weighted by molar-refractivity contribution is 0.0947. The second-order valence-corrected chi connectivity index (χ2v) is 11.8. The molecule has 222 valence electrons. The maximum Gasteiger partial charge on any atom is 0.253 e. The van der Waals surface area contributed by atoms with Crippen LogP contribution in [0.4, 0.5) is 0 Å². The molecular weight excluding hydrogens is 593 g/mol. The molecule has 0 radical (unpaired) electrons. The van der Waals surface area contributed by atoms with Crippen molar-refractivity contribution in [2.45, 2.75) is 12.8 Å². The third kappa shape index (κ3) is 6.60. The molecule has 0 bridgehead atoms. The SMILES string of the molecule is CN(CCCNC(=O)c1cccc2cc3cc(Cl)ccc3nc12)CCCNC(=O)c1cccc2cc3cc(Cl)ccc3nc12. The second kappa shape index (κ2) is 13.1. The molecule has 0 atom stereocenters. The smallest absolute Gasteiger partial charge is 0.253 e. The van der Waals surface area contributed by atoms with Crippen molar-refractivity contribution >= 4 is 78.6 Å². The van der Waals surface area contributed by atoms with Crippen LogP contribution in [-0.2, 0) is 0 Å². The Kier molecular flexibility index (Phi) is 8.89. The predicted molar refractivity (Wildman–Crippen MR) is 180 cm³/mol. The molecule has 4 aromatic carbocycles. The number of hydrogen-bond donors (Lipinski definition) is 2. The molecule has 2 aromatic heterocycles. The van der Waals surface area contributed by atoms with Crippen LogP contribution >= 0.6 is 23.2 Å². The first kappa shape index (κ1) is 29.8. The summed E-state index contributed by atoms with van der Waals surface area (Å²) < 4.78 is 0. The highest BCUT2D eigenvalue weighted by Crippen LogP contribution is 2.26. The van der Waals surface area contributed by atoms with Crippen molar-refractivity contribution in [3.63, 3.8) is 0 Å². The van der Waals surface area contributed by atoms with E-state index in [2.05, 4.69) is 15.5 Å². The highest BCUT2D eigenvalue weighted by molar-refractivity contribution is 6.31. The number of para-hydroxylation sites is 2. The molecule has 0 saturated carbocycles. The summed E-state index contributed by atoms with van der Waals surface area (Å²) >= 11 is 12.3. The Morgan fingerprint density at radius 3 is 1.55 bits per heavy atom. The molecule has 0 fully saturated rings. The fourth-order valence-corrected chi connectivity index (χ4v) is 5.80. The van der Waals surface area contributed by atoms with Crippen LogP contribution in [0.15, 0.2) is 84.9 Å². The zero-order valence-corrected chi connectivity index (χ0v) is 25.8. The minimum Gasteiger partial charge on any atom is -0.352 e. The Hall–Kier alpha value is -4.30. The van der Waals surface area contributed by atoms with Crippen LogP contribution in [0.3, 0.4) is 0 Å². The van der Waals surface area contributed by atoms with Gasteiger partial charge in [-0.25, -0.2) is 9.97 Å². The van der Waals surface area contributed by atoms with Gasteiger partial charge in [0, 0.05) is 44.7 Å². The fraction of sp³-hybridized carbons (Fsp3) is 0.200. The van der Waals surface area contributed by atoms with Crippen molar-refractivity contribution in [2.75, 3.05) is 33.2 Å². The molecule has 6 aromatic rings. The fourth-order valence-electron chi connectivity index (χ4n) is 5.44. The summed E-state index contributed by atoms with van der Waals surface area (Å²) in [6.45, 7) is 2.73. The number of amides is 2. The van der Waals surface area contributed by atoms with E-state index in [1.807, 2.05) is 67.7 Å². The van der Waals surface area contributed by atoms with Gasteiger partial charge in [0.2, 0.25) is 0 Å². The molecule has 0 unspecified atom stereocenters. The Morgan fingerprint density at radius 2 is 1.09 bits per heavy atom. The van der Waals surface area contributed by atoms with Crippen molar-refractivity contribution in [1.82, 2.24) is 25.5 Å². The van der Waals surface area contributed by atoms with Crippen molar-refractivity contribution in [3.8, 4) is 0 Å². The van der Waals surface area contributed by atoms with Crippen LogP contribution in [0.2, 0.25) is 10.0 Å². The maximum atomic E-state index is 13.0. The molecule has 6 rings (SSSR count). The van der Waals surface area contributed by atoms with Gasteiger partial charge >= 0.3 is 0 Å². The number of halogens is 2. The van der Waals surface area contributed by atoms with Crippen LogP contribution in [0.5, 0.6) is 0 Å². The van der Waals surface area contributed by atoms with E-state index in [0.29, 0.717) is 45.3 Å². The van der Waals surface area contributed by atoms with E-state index in [1.54, 1.807) is 24.3 Å². The molecule has 0 aliphatic heterocycles. The lowest BCUT2D eigenvalue weighted by atomic mass is 10.1. The van der Waals surface area contributed by atoms with Gasteiger partial charge in [-0.15, -0.1) is 0 Å². The van der Waals surface area contributed by atoms with Crippen LogP contribution in [-0.4, -0.2) is 59.9 Å². The van der Waals surface area contributed by atoms with E-state index in [4.69, 9.17) is 33.2 Å². The van der Waals surface area contributed by atoms with Gasteiger partial charge in [-0.05, 0) is 93.6 Å². The number of hydrogen-bond acceptors (Lipinski definition) is 5. The standard InChI is InChI=1S/C35H31Cl2N5O2/c1-42(16-4-14-38-34(43)28-8-2-6-22-18-24-20-26(36)10-12-30(24)40-32(22)28)17-5-15-39-35(44)29-9-3-7-23-19-25-21-27(37)11-13-31(25)41-33(23)29/h2-3,6-13,18-21H,4-5,14-17H2,1H3,(H,38,43)(H,39,44). The highest BCUT2D eigenvalue weighted by Gasteiger charge is 2.14. The lowest BCUT2D eigenvalue weighted by Gasteiger charge is -2.17. The summed E-state index contributed by atoms with van der Waals surface area (Å²) in [5.74, 6) is -0.275. The summed E-state index contributed by atoms with van der Waals surface area (Å²) in [4.78, 5) is 37.7. The molecule has 7 nitrogen and oxygen atoms in total. The summed E-state index contributed by atoms with van der Waals surface area (Å²) in [6, 6.07) is 26.4. The van der Waals surface area contributed by atoms with Gasteiger partial charge < -0.3 is 15.5 Å². The van der Waals surface area contributed by atoms with Crippen LogP contribution < -0.4 is 10.6 Å². The Bertz CT molecular complexity index is 1890. The Labute approximate surface area is 265 Å². The van der Waals surface area contributed by atoms with E-state index in [1.165, 1.54) is 0 Å². The second-order valence-electron chi connectivity index (χ2n) is 10.9. The van der Waals surface area contributed by atoms with Crippen LogP contribution in [0.25, 0.3) is 43.6 Å². The largest absolute Gasteiger partial charge is 0.352 e. The van der Waals surface area contributed by atoms with Crippen molar-refractivity contribution < 1.29 is 9.59 Å². The van der Waals surface area contributed by atoms with E-state index < -0.39 is 0 Å². The van der Waals surface area contributed by atoms with E-state index in [9.17, 15) is 9.59 Å². The number of carbonyl (C=O) groups is 2. The number of benzene rings is 4. The average molecular weight is 625 g/mol. The number of nitrogens with zero attached hydrogens (tertiary/aromatic N) is 3. The summed E-state index contributed by atoms with van der Waals surface area (Å²) in [6.07, 6.45) is 1.60. The summed E-state index contributed by atoms with van der Waals surface area (Å²) in [5.41, 5.74) is 4.07. The Morgan fingerprint density at radius 1 is 0.636 bits per heavy atom. The van der Waals surface area contributed by atoms with E-state index in [-0.39, 0.29) is 11.8 Å². The van der Waals surface area contributed by atoms with Crippen molar-refractivity contribution in [3.05, 3.63) is 106 Å². The maximum absolute atomic E-state index is 13.0. The van der Waals surface area contributed by atoms with Crippen molar-refractivity contribution in [1.29, 1.82) is 0 Å². The average Bonchev–Trinajstić information content (AvgIpc) is 3.02.